The minimum absolute atomic E-state index is 0.0991. The van der Waals surface area contributed by atoms with Crippen molar-refractivity contribution in [3.8, 4) is 0 Å². The number of hydrogen-bond donors (Lipinski definition) is 1. The molecule has 1 saturated carbocycles. The summed E-state index contributed by atoms with van der Waals surface area (Å²) >= 11 is 5.78. The molecule has 0 amide bonds. The van der Waals surface area contributed by atoms with Gasteiger partial charge in [-0.3, -0.25) is 0 Å². The molecule has 3 atom stereocenters. The van der Waals surface area contributed by atoms with Gasteiger partial charge in [0.1, 0.15) is 0 Å². The van der Waals surface area contributed by atoms with Gasteiger partial charge in [-0.2, -0.15) is 4.31 Å². The van der Waals surface area contributed by atoms with E-state index in [0.29, 0.717) is 24.0 Å². The van der Waals surface area contributed by atoms with Gasteiger partial charge in [-0.05, 0) is 43.0 Å². The van der Waals surface area contributed by atoms with Crippen LogP contribution in [-0.4, -0.2) is 37.0 Å². The smallest absolute Gasteiger partial charge is 0.243 e. The first-order valence-corrected chi connectivity index (χ1v) is 8.24. The van der Waals surface area contributed by atoms with Crippen LogP contribution in [0.15, 0.2) is 29.2 Å². The van der Waals surface area contributed by atoms with Crippen LogP contribution in [0.2, 0.25) is 5.02 Å². The number of fused-ring (bicyclic) bond motifs is 1. The molecule has 19 heavy (non-hydrogen) atoms. The van der Waals surface area contributed by atoms with Gasteiger partial charge in [0.05, 0.1) is 11.0 Å². The Labute approximate surface area is 118 Å². The maximum Gasteiger partial charge on any atom is 0.243 e. The van der Waals surface area contributed by atoms with Crippen molar-refractivity contribution in [1.29, 1.82) is 0 Å². The molecule has 1 heterocycles. The van der Waals surface area contributed by atoms with Gasteiger partial charge >= 0.3 is 0 Å². The van der Waals surface area contributed by atoms with Crippen LogP contribution in [0.25, 0.3) is 0 Å². The third kappa shape index (κ3) is 2.29. The molecule has 1 aromatic rings. The summed E-state index contributed by atoms with van der Waals surface area (Å²) in [7, 11) is -3.46. The van der Waals surface area contributed by atoms with E-state index in [1.807, 2.05) is 0 Å². The summed E-state index contributed by atoms with van der Waals surface area (Å²) in [6.07, 6.45) is 1.36. The fourth-order valence-electron chi connectivity index (χ4n) is 3.15. The van der Waals surface area contributed by atoms with E-state index in [0.717, 1.165) is 12.8 Å². The van der Waals surface area contributed by atoms with Gasteiger partial charge in [-0.25, -0.2) is 8.42 Å². The normalized spacial score (nSPS) is 31.6. The van der Waals surface area contributed by atoms with E-state index in [1.165, 1.54) is 16.4 Å². The maximum atomic E-state index is 12.5. The molecule has 0 spiro atoms. The van der Waals surface area contributed by atoms with Crippen molar-refractivity contribution in [3.05, 3.63) is 29.3 Å². The predicted octanol–water partition coefficient (Wildman–Crippen LogP) is 1.73. The molecule has 1 aliphatic heterocycles. The standard InChI is InChI=1S/C13H16ClNO3S/c14-10-2-4-11(5-3-10)19(17,18)15-7-9-1-6-13(16)12(9)8-15/h2-5,9,12-13,16H,1,6-8H2. The molecular weight excluding hydrogens is 286 g/mol. The van der Waals surface area contributed by atoms with E-state index in [-0.39, 0.29) is 16.9 Å². The van der Waals surface area contributed by atoms with Crippen molar-refractivity contribution >= 4 is 21.6 Å². The average molecular weight is 302 g/mol. The van der Waals surface area contributed by atoms with E-state index in [9.17, 15) is 13.5 Å². The van der Waals surface area contributed by atoms with Gasteiger partial charge in [0.2, 0.25) is 10.0 Å². The van der Waals surface area contributed by atoms with E-state index in [2.05, 4.69) is 0 Å². The molecule has 1 aliphatic carbocycles. The molecule has 4 nitrogen and oxygen atoms in total. The molecule has 1 saturated heterocycles. The topological polar surface area (TPSA) is 57.6 Å². The first-order valence-electron chi connectivity index (χ1n) is 6.42. The Morgan fingerprint density at radius 2 is 1.84 bits per heavy atom. The molecule has 1 N–H and O–H groups in total. The van der Waals surface area contributed by atoms with Crippen LogP contribution in [0, 0.1) is 11.8 Å². The lowest BCUT2D eigenvalue weighted by atomic mass is 10.00. The highest BCUT2D eigenvalue weighted by Gasteiger charge is 2.45. The molecule has 2 fully saturated rings. The number of benzene rings is 1. The summed E-state index contributed by atoms with van der Waals surface area (Å²) in [6, 6.07) is 6.23. The van der Waals surface area contributed by atoms with Crippen LogP contribution in [0.4, 0.5) is 0 Å². The lowest BCUT2D eigenvalue weighted by Gasteiger charge is -2.18. The Bertz CT molecular complexity index is 572. The molecule has 6 heteroatoms. The second-order valence-corrected chi connectivity index (χ2v) is 7.72. The fraction of sp³-hybridized carbons (Fsp3) is 0.538. The van der Waals surface area contributed by atoms with Crippen LogP contribution in [0.1, 0.15) is 12.8 Å². The third-order valence-electron chi connectivity index (χ3n) is 4.24. The zero-order valence-electron chi connectivity index (χ0n) is 10.4. The Kier molecular flexibility index (Phi) is 3.33. The SMILES string of the molecule is O=S(=O)(c1ccc(Cl)cc1)N1CC2CCC(O)C2C1. The summed E-state index contributed by atoms with van der Waals surface area (Å²) in [5.41, 5.74) is 0. The molecular formula is C13H16ClNO3S. The summed E-state index contributed by atoms with van der Waals surface area (Å²) in [5, 5.41) is 10.4. The molecule has 0 aromatic heterocycles. The number of halogens is 1. The summed E-state index contributed by atoms with van der Waals surface area (Å²) < 4.78 is 26.5. The Hall–Kier alpha value is -0.620. The highest BCUT2D eigenvalue weighted by molar-refractivity contribution is 7.89. The lowest BCUT2D eigenvalue weighted by Crippen LogP contribution is -2.31. The van der Waals surface area contributed by atoms with Gasteiger partial charge in [-0.1, -0.05) is 11.6 Å². The first kappa shape index (κ1) is 13.4. The fourth-order valence-corrected chi connectivity index (χ4v) is 4.81. The van der Waals surface area contributed by atoms with Crippen molar-refractivity contribution in [2.24, 2.45) is 11.8 Å². The van der Waals surface area contributed by atoms with Crippen LogP contribution in [0.5, 0.6) is 0 Å². The molecule has 0 bridgehead atoms. The minimum Gasteiger partial charge on any atom is -0.393 e. The molecule has 104 valence electrons. The van der Waals surface area contributed by atoms with Crippen molar-refractivity contribution in [2.45, 2.75) is 23.8 Å². The van der Waals surface area contributed by atoms with Crippen molar-refractivity contribution in [3.63, 3.8) is 0 Å². The second kappa shape index (κ2) is 4.74. The highest BCUT2D eigenvalue weighted by Crippen LogP contribution is 2.40. The molecule has 3 unspecified atom stereocenters. The Morgan fingerprint density at radius 3 is 2.47 bits per heavy atom. The minimum atomic E-state index is -3.46. The summed E-state index contributed by atoms with van der Waals surface area (Å²) in [5.74, 6) is 0.402. The third-order valence-corrected chi connectivity index (χ3v) is 6.33. The predicted molar refractivity (Wildman–Crippen MR) is 72.4 cm³/mol. The van der Waals surface area contributed by atoms with Crippen molar-refractivity contribution < 1.29 is 13.5 Å². The summed E-state index contributed by atoms with van der Waals surface area (Å²) in [4.78, 5) is 0.270. The number of aliphatic hydroxyl groups excluding tert-OH is 1. The van der Waals surface area contributed by atoms with E-state index in [1.54, 1.807) is 12.1 Å². The number of rotatable bonds is 2. The Morgan fingerprint density at radius 1 is 1.16 bits per heavy atom. The number of sulfonamides is 1. The number of nitrogens with zero attached hydrogens (tertiary/aromatic N) is 1. The molecule has 2 aliphatic rings. The summed E-state index contributed by atoms with van der Waals surface area (Å²) in [6.45, 7) is 0.948. The quantitative estimate of drug-likeness (QED) is 0.905. The zero-order chi connectivity index (χ0) is 13.6. The number of hydrogen-bond acceptors (Lipinski definition) is 3. The van der Waals surface area contributed by atoms with E-state index >= 15 is 0 Å². The van der Waals surface area contributed by atoms with Crippen LogP contribution >= 0.6 is 11.6 Å². The highest BCUT2D eigenvalue weighted by atomic mass is 35.5. The van der Waals surface area contributed by atoms with Gasteiger partial charge in [0.15, 0.2) is 0 Å². The zero-order valence-corrected chi connectivity index (χ0v) is 11.9. The molecule has 0 radical (unpaired) electrons. The average Bonchev–Trinajstić information content (AvgIpc) is 2.93. The van der Waals surface area contributed by atoms with Gasteiger partial charge in [0, 0.05) is 24.0 Å². The molecule has 1 aromatic carbocycles. The van der Waals surface area contributed by atoms with Gasteiger partial charge < -0.3 is 5.11 Å². The molecule has 3 rings (SSSR count). The number of aliphatic hydroxyl groups is 1. The van der Waals surface area contributed by atoms with Crippen LogP contribution < -0.4 is 0 Å². The maximum absolute atomic E-state index is 12.5. The van der Waals surface area contributed by atoms with E-state index in [4.69, 9.17) is 11.6 Å². The van der Waals surface area contributed by atoms with Gasteiger partial charge in [-0.15, -0.1) is 0 Å². The van der Waals surface area contributed by atoms with Crippen molar-refractivity contribution in [2.75, 3.05) is 13.1 Å². The monoisotopic (exact) mass is 301 g/mol. The second-order valence-electron chi connectivity index (χ2n) is 5.34. The lowest BCUT2D eigenvalue weighted by molar-refractivity contribution is 0.129. The largest absolute Gasteiger partial charge is 0.393 e. The van der Waals surface area contributed by atoms with Crippen LogP contribution in [0.3, 0.4) is 0 Å². The first-order chi connectivity index (χ1) is 8.98. The van der Waals surface area contributed by atoms with Crippen LogP contribution in [-0.2, 0) is 10.0 Å². The van der Waals surface area contributed by atoms with Gasteiger partial charge in [0.25, 0.3) is 0 Å². The Balaban J connectivity index is 1.84. The van der Waals surface area contributed by atoms with Crippen molar-refractivity contribution in [1.82, 2.24) is 4.31 Å². The van der Waals surface area contributed by atoms with E-state index < -0.39 is 10.0 Å².